The number of hydrogen-bond donors (Lipinski definition) is 1. The largest absolute Gasteiger partial charge is 0.506 e. The Kier molecular flexibility index (Phi) is 5.91. The van der Waals surface area contributed by atoms with E-state index in [0.29, 0.717) is 29.3 Å². The normalized spacial score (nSPS) is 17.5. The van der Waals surface area contributed by atoms with Gasteiger partial charge in [0.25, 0.3) is 0 Å². The van der Waals surface area contributed by atoms with Gasteiger partial charge in [0.05, 0.1) is 41.5 Å². The number of aromatic hydroxyl groups is 1. The highest BCUT2D eigenvalue weighted by Crippen LogP contribution is 2.40. The average Bonchev–Trinajstić information content (AvgIpc) is 3.35. The van der Waals surface area contributed by atoms with E-state index in [0.717, 1.165) is 33.2 Å². The second-order valence-electron chi connectivity index (χ2n) is 10.1. The number of ether oxygens (including phenoxy) is 1. The third-order valence-electron chi connectivity index (χ3n) is 7.47. The number of rotatable bonds is 6. The highest BCUT2D eigenvalue weighted by atomic mass is 32.2. The third kappa shape index (κ3) is 4.32. The van der Waals surface area contributed by atoms with Crippen LogP contribution < -0.4 is 9.64 Å². The summed E-state index contributed by atoms with van der Waals surface area (Å²) in [5, 5.41) is 17.1. The Morgan fingerprint density at radius 1 is 1.13 bits per heavy atom. The van der Waals surface area contributed by atoms with Crippen molar-refractivity contribution in [1.82, 2.24) is 24.7 Å². The molecule has 0 spiro atoms. The molecule has 1 saturated heterocycles. The van der Waals surface area contributed by atoms with Gasteiger partial charge in [-0.05, 0) is 32.0 Å². The fourth-order valence-corrected chi connectivity index (χ4v) is 6.55. The number of aromatic nitrogens is 5. The number of phenolic OH excluding ortho intramolecular Hbond substituents is 1. The molecule has 6 rings (SSSR count). The highest BCUT2D eigenvalue weighted by Gasteiger charge is 2.38. The second-order valence-corrected chi connectivity index (χ2v) is 12.3. The number of nitrogens with zero attached hydrogens (tertiary/aromatic N) is 6. The number of para-hydroxylation sites is 1. The lowest BCUT2D eigenvalue weighted by Gasteiger charge is -2.48. The van der Waals surface area contributed by atoms with E-state index in [1.807, 2.05) is 32.0 Å². The summed E-state index contributed by atoms with van der Waals surface area (Å²) in [5.74, 6) is 1.42. The molecule has 0 bridgehead atoms. The van der Waals surface area contributed by atoms with Crippen molar-refractivity contribution in [1.29, 1.82) is 0 Å². The third-order valence-corrected chi connectivity index (χ3v) is 8.50. The lowest BCUT2D eigenvalue weighted by atomic mass is 9.90. The van der Waals surface area contributed by atoms with Gasteiger partial charge in [-0.2, -0.15) is 5.10 Å². The fraction of sp³-hybridized carbons (Fsp3) is 0.286. The molecule has 0 radical (unpaired) electrons. The van der Waals surface area contributed by atoms with E-state index in [1.165, 1.54) is 6.26 Å². The van der Waals surface area contributed by atoms with E-state index in [2.05, 4.69) is 15.0 Å². The van der Waals surface area contributed by atoms with Crippen molar-refractivity contribution in [2.45, 2.75) is 19.9 Å². The Morgan fingerprint density at radius 3 is 2.69 bits per heavy atom. The monoisotopic (exact) mass is 544 g/mol. The van der Waals surface area contributed by atoms with Crippen molar-refractivity contribution in [2.75, 3.05) is 30.6 Å². The van der Waals surface area contributed by atoms with Gasteiger partial charge < -0.3 is 14.7 Å². The first kappa shape index (κ1) is 25.1. The summed E-state index contributed by atoms with van der Waals surface area (Å²) in [7, 11) is -1.48. The number of aryl methyl sites for hydroxylation is 1. The summed E-state index contributed by atoms with van der Waals surface area (Å²) >= 11 is 0. The van der Waals surface area contributed by atoms with Crippen LogP contribution in [0.2, 0.25) is 0 Å². The van der Waals surface area contributed by atoms with E-state index in [1.54, 1.807) is 48.6 Å². The molecule has 1 fully saturated rings. The van der Waals surface area contributed by atoms with Crippen LogP contribution in [0.15, 0.2) is 55.0 Å². The van der Waals surface area contributed by atoms with Crippen molar-refractivity contribution in [3.63, 3.8) is 0 Å². The smallest absolute Gasteiger partial charge is 0.156 e. The van der Waals surface area contributed by atoms with Gasteiger partial charge in [-0.3, -0.25) is 9.97 Å². The topological polar surface area (TPSA) is 123 Å². The first-order chi connectivity index (χ1) is 18.6. The second kappa shape index (κ2) is 9.19. The summed E-state index contributed by atoms with van der Waals surface area (Å²) in [4.78, 5) is 16.0. The predicted octanol–water partition coefficient (Wildman–Crippen LogP) is 3.92. The molecular formula is C28H28N6O4S. The molecule has 0 unspecified atom stereocenters. The minimum Gasteiger partial charge on any atom is -0.506 e. The van der Waals surface area contributed by atoms with Gasteiger partial charge in [-0.15, -0.1) is 0 Å². The first-order valence-corrected chi connectivity index (χ1v) is 14.6. The molecule has 5 aromatic rings. The Morgan fingerprint density at radius 2 is 1.95 bits per heavy atom. The molecule has 1 N–H and O–H groups in total. The summed E-state index contributed by atoms with van der Waals surface area (Å²) in [5.41, 5.74) is 4.36. The molecule has 2 atom stereocenters. The number of methoxy groups -OCH3 is 1. The molecule has 1 aromatic carbocycles. The predicted molar refractivity (Wildman–Crippen MR) is 150 cm³/mol. The minimum absolute atomic E-state index is 0.00554. The fourth-order valence-electron chi connectivity index (χ4n) is 5.39. The molecule has 0 amide bonds. The van der Waals surface area contributed by atoms with Crippen LogP contribution in [-0.2, 0) is 9.84 Å². The molecule has 4 aromatic heterocycles. The number of pyridine rings is 3. The molecule has 0 aliphatic carbocycles. The average molecular weight is 545 g/mol. The van der Waals surface area contributed by atoms with Crippen molar-refractivity contribution >= 4 is 37.3 Å². The quantitative estimate of drug-likeness (QED) is 0.339. The number of hydrogen-bond acceptors (Lipinski definition) is 9. The van der Waals surface area contributed by atoms with E-state index in [4.69, 9.17) is 14.7 Å². The van der Waals surface area contributed by atoms with Crippen LogP contribution in [0.1, 0.15) is 12.6 Å². The van der Waals surface area contributed by atoms with E-state index >= 15 is 0 Å². The number of benzene rings is 1. The Balaban J connectivity index is 1.51. The highest BCUT2D eigenvalue weighted by molar-refractivity contribution is 7.90. The summed E-state index contributed by atoms with van der Waals surface area (Å²) in [6, 6.07) is 11.0. The lowest BCUT2D eigenvalue weighted by molar-refractivity contribution is 0.342. The minimum atomic E-state index is -3.09. The SMILES string of the molecule is COc1ccncc1-c1cc2c(cnn2-c2cc(N3C[C@H](CS(C)(=O)=O)[C@H]3C)c3cccc(O)c3n2)c(C)n1. The molecule has 0 saturated carbocycles. The zero-order valence-electron chi connectivity index (χ0n) is 22.0. The Labute approximate surface area is 225 Å². The molecule has 1 aliphatic heterocycles. The number of phenols is 1. The van der Waals surface area contributed by atoms with Crippen LogP contribution in [0, 0.1) is 12.8 Å². The van der Waals surface area contributed by atoms with Crippen LogP contribution >= 0.6 is 0 Å². The van der Waals surface area contributed by atoms with E-state index in [-0.39, 0.29) is 23.5 Å². The molecule has 5 heterocycles. The van der Waals surface area contributed by atoms with Crippen LogP contribution in [0.25, 0.3) is 38.9 Å². The van der Waals surface area contributed by atoms with Crippen molar-refractivity contribution in [2.24, 2.45) is 5.92 Å². The maximum Gasteiger partial charge on any atom is 0.156 e. The van der Waals surface area contributed by atoms with Gasteiger partial charge in [0.1, 0.15) is 26.9 Å². The molecular weight excluding hydrogens is 516 g/mol. The zero-order chi connectivity index (χ0) is 27.5. The number of anilines is 1. The van der Waals surface area contributed by atoms with Crippen molar-refractivity contribution < 1.29 is 18.3 Å². The standard InChI is InChI=1S/C28H28N6O4S/c1-16-20-13-30-34(24(20)10-22(31-16)21-12-29-9-8-26(21)38-3)27-11-23(19-6-5-7-25(35)28(19)32-27)33-14-18(17(33)2)15-39(4,36)37/h5-13,17-18,35H,14-15H2,1-4H3/t17-,18-/m1/s1. The van der Waals surface area contributed by atoms with Crippen molar-refractivity contribution in [3.05, 3.63) is 60.7 Å². The Bertz CT molecular complexity index is 1850. The van der Waals surface area contributed by atoms with Gasteiger partial charge in [-0.1, -0.05) is 12.1 Å². The number of fused-ring (bicyclic) bond motifs is 2. The van der Waals surface area contributed by atoms with Gasteiger partial charge in [0.15, 0.2) is 5.82 Å². The zero-order valence-corrected chi connectivity index (χ0v) is 22.8. The molecule has 10 nitrogen and oxygen atoms in total. The number of sulfone groups is 1. The first-order valence-electron chi connectivity index (χ1n) is 12.6. The van der Waals surface area contributed by atoms with E-state index < -0.39 is 9.84 Å². The van der Waals surface area contributed by atoms with Crippen LogP contribution in [-0.4, -0.2) is 70.0 Å². The molecule has 39 heavy (non-hydrogen) atoms. The summed E-state index contributed by atoms with van der Waals surface area (Å²) < 4.78 is 31.1. The Hall–Kier alpha value is -4.25. The van der Waals surface area contributed by atoms with Crippen LogP contribution in [0.4, 0.5) is 5.69 Å². The molecule has 200 valence electrons. The maximum absolute atomic E-state index is 11.9. The summed E-state index contributed by atoms with van der Waals surface area (Å²) in [6.07, 6.45) is 6.42. The van der Waals surface area contributed by atoms with Crippen molar-refractivity contribution in [3.8, 4) is 28.6 Å². The lowest BCUT2D eigenvalue weighted by Crippen LogP contribution is -2.57. The van der Waals surface area contributed by atoms with Crippen LogP contribution in [0.5, 0.6) is 11.5 Å². The van der Waals surface area contributed by atoms with Crippen LogP contribution in [0.3, 0.4) is 0 Å². The van der Waals surface area contributed by atoms with Gasteiger partial charge in [0.2, 0.25) is 0 Å². The van der Waals surface area contributed by atoms with Gasteiger partial charge in [-0.25, -0.2) is 18.1 Å². The molecule has 1 aliphatic rings. The molecule has 11 heteroatoms. The van der Waals surface area contributed by atoms with Gasteiger partial charge in [0, 0.05) is 59.7 Å². The van der Waals surface area contributed by atoms with E-state index in [9.17, 15) is 13.5 Å². The maximum atomic E-state index is 11.9. The van der Waals surface area contributed by atoms with Gasteiger partial charge >= 0.3 is 0 Å². The summed E-state index contributed by atoms with van der Waals surface area (Å²) in [6.45, 7) is 4.55.